The highest BCUT2D eigenvalue weighted by atomic mass is 16.3. The van der Waals surface area contributed by atoms with Gasteiger partial charge >= 0.3 is 0 Å². The van der Waals surface area contributed by atoms with Gasteiger partial charge in [0.2, 0.25) is 0 Å². The van der Waals surface area contributed by atoms with Crippen LogP contribution >= 0.6 is 0 Å². The molecule has 0 amide bonds. The summed E-state index contributed by atoms with van der Waals surface area (Å²) in [4.78, 5) is 2.07. The van der Waals surface area contributed by atoms with Crippen LogP contribution in [0.3, 0.4) is 0 Å². The van der Waals surface area contributed by atoms with E-state index in [1.165, 1.54) is 22.3 Å². The van der Waals surface area contributed by atoms with Gasteiger partial charge in [0.1, 0.15) is 5.72 Å². The minimum atomic E-state index is -0.936. The number of nitrogens with zero attached hydrogens (tertiary/aromatic N) is 1. The van der Waals surface area contributed by atoms with E-state index in [0.29, 0.717) is 13.1 Å². The van der Waals surface area contributed by atoms with Crippen molar-refractivity contribution in [2.75, 3.05) is 6.54 Å². The number of benzene rings is 3. The second kappa shape index (κ2) is 10.4. The summed E-state index contributed by atoms with van der Waals surface area (Å²) in [5, 5.41) is 11.1. The molecule has 2 nitrogen and oxygen atoms in total. The molecule has 0 saturated carbocycles. The fourth-order valence-electron chi connectivity index (χ4n) is 3.86. The molecule has 0 spiro atoms. The minimum absolute atomic E-state index is 0.0763. The number of rotatable bonds is 10. The molecule has 0 saturated heterocycles. The quantitative estimate of drug-likeness (QED) is 0.289. The zero-order valence-corrected chi connectivity index (χ0v) is 18.7. The molecule has 0 heterocycles. The zero-order valence-electron chi connectivity index (χ0n) is 18.7. The number of aliphatic hydroxyl groups is 1. The summed E-state index contributed by atoms with van der Waals surface area (Å²) in [5.41, 5.74) is 5.05. The molecule has 2 unspecified atom stereocenters. The molecular weight excluding hydrogens is 378 g/mol. The van der Waals surface area contributed by atoms with Gasteiger partial charge in [-0.1, -0.05) is 97.9 Å². The van der Waals surface area contributed by atoms with Crippen molar-refractivity contribution < 1.29 is 5.11 Å². The van der Waals surface area contributed by atoms with Gasteiger partial charge in [-0.2, -0.15) is 0 Å². The molecule has 1 N–H and O–H groups in total. The normalized spacial score (nSPS) is 14.1. The molecule has 0 aliphatic carbocycles. The summed E-state index contributed by atoms with van der Waals surface area (Å²) < 4.78 is 0. The third kappa shape index (κ3) is 5.61. The van der Waals surface area contributed by atoms with Gasteiger partial charge in [-0.25, -0.2) is 0 Å². The van der Waals surface area contributed by atoms with Crippen LogP contribution in [-0.4, -0.2) is 22.3 Å². The Morgan fingerprint density at radius 2 is 1.29 bits per heavy atom. The fraction of sp³-hybridized carbons (Fsp3) is 0.241. The van der Waals surface area contributed by atoms with E-state index in [1.807, 2.05) is 25.1 Å². The average Bonchev–Trinajstić information content (AvgIpc) is 2.80. The molecule has 3 aromatic carbocycles. The molecule has 0 aliphatic heterocycles. The van der Waals surface area contributed by atoms with Gasteiger partial charge in [-0.15, -0.1) is 13.2 Å². The number of hydrogen-bond donors (Lipinski definition) is 1. The first-order valence-electron chi connectivity index (χ1n) is 10.9. The van der Waals surface area contributed by atoms with Crippen molar-refractivity contribution in [2.45, 2.75) is 32.5 Å². The molecule has 2 atom stereocenters. The molecule has 0 aromatic heterocycles. The molecule has 31 heavy (non-hydrogen) atoms. The number of hydrogen-bond acceptors (Lipinski definition) is 2. The Morgan fingerprint density at radius 3 is 1.77 bits per heavy atom. The van der Waals surface area contributed by atoms with Crippen LogP contribution in [0, 0.1) is 5.92 Å². The van der Waals surface area contributed by atoms with Gasteiger partial charge in [-0.3, -0.25) is 4.90 Å². The van der Waals surface area contributed by atoms with Crippen molar-refractivity contribution in [1.82, 2.24) is 4.90 Å². The van der Waals surface area contributed by atoms with E-state index in [4.69, 9.17) is 0 Å². The van der Waals surface area contributed by atoms with Gasteiger partial charge in [-0.05, 0) is 41.2 Å². The Balaban J connectivity index is 1.74. The SMILES string of the molecule is C=CCC(C)C(C)(O)N(CC=C)Cc1ccc(-c2ccc(-c3ccccc3)cc2)cc1. The molecule has 160 valence electrons. The van der Waals surface area contributed by atoms with E-state index in [0.717, 1.165) is 12.0 Å². The monoisotopic (exact) mass is 411 g/mol. The van der Waals surface area contributed by atoms with E-state index in [-0.39, 0.29) is 5.92 Å². The third-order valence-electron chi connectivity index (χ3n) is 6.10. The van der Waals surface area contributed by atoms with Gasteiger partial charge in [0.15, 0.2) is 0 Å². The molecule has 3 rings (SSSR count). The van der Waals surface area contributed by atoms with E-state index < -0.39 is 5.72 Å². The highest BCUT2D eigenvalue weighted by Gasteiger charge is 2.33. The Hall–Kier alpha value is -2.94. The first-order valence-corrected chi connectivity index (χ1v) is 10.9. The Labute approximate surface area is 187 Å². The zero-order chi connectivity index (χ0) is 22.3. The van der Waals surface area contributed by atoms with Crippen LogP contribution in [0.4, 0.5) is 0 Å². The lowest BCUT2D eigenvalue weighted by Crippen LogP contribution is -2.50. The molecular formula is C29H33NO. The summed E-state index contributed by atoms with van der Waals surface area (Å²) in [7, 11) is 0. The van der Waals surface area contributed by atoms with Crippen LogP contribution in [0.25, 0.3) is 22.3 Å². The maximum Gasteiger partial charge on any atom is 0.119 e. The standard InChI is InChI=1S/C29H33NO/c1-5-10-23(3)29(4,31)30(21-6-2)22-24-13-15-26(16-14-24)28-19-17-27(18-20-28)25-11-8-7-9-12-25/h5-9,11-20,23,31H,1-2,10,21-22H2,3-4H3. The van der Waals surface area contributed by atoms with Crippen molar-refractivity contribution in [3.05, 3.63) is 110 Å². The highest BCUT2D eigenvalue weighted by Crippen LogP contribution is 2.28. The van der Waals surface area contributed by atoms with Gasteiger partial charge < -0.3 is 5.11 Å². The topological polar surface area (TPSA) is 23.5 Å². The molecule has 0 fully saturated rings. The third-order valence-corrected chi connectivity index (χ3v) is 6.10. The maximum absolute atomic E-state index is 11.1. The molecule has 0 bridgehead atoms. The van der Waals surface area contributed by atoms with Crippen molar-refractivity contribution >= 4 is 0 Å². The number of allylic oxidation sites excluding steroid dienone is 1. The largest absolute Gasteiger partial charge is 0.376 e. The van der Waals surface area contributed by atoms with Crippen molar-refractivity contribution in [1.29, 1.82) is 0 Å². The van der Waals surface area contributed by atoms with Crippen LogP contribution in [0.15, 0.2) is 104 Å². The van der Waals surface area contributed by atoms with Crippen molar-refractivity contribution in [3.8, 4) is 22.3 Å². The van der Waals surface area contributed by atoms with Crippen LogP contribution in [-0.2, 0) is 6.54 Å². The molecule has 2 heteroatoms. The summed E-state index contributed by atoms with van der Waals surface area (Å²) in [6.45, 7) is 12.9. The molecule has 3 aromatic rings. The van der Waals surface area contributed by atoms with E-state index in [9.17, 15) is 5.11 Å². The van der Waals surface area contributed by atoms with Crippen LogP contribution < -0.4 is 0 Å². The smallest absolute Gasteiger partial charge is 0.119 e. The van der Waals surface area contributed by atoms with Crippen LogP contribution in [0.1, 0.15) is 25.8 Å². The predicted molar refractivity (Wildman–Crippen MR) is 133 cm³/mol. The first-order chi connectivity index (χ1) is 15.0. The van der Waals surface area contributed by atoms with E-state index >= 15 is 0 Å². The van der Waals surface area contributed by atoms with Crippen LogP contribution in [0.5, 0.6) is 0 Å². The van der Waals surface area contributed by atoms with E-state index in [2.05, 4.69) is 97.8 Å². The second-order valence-corrected chi connectivity index (χ2v) is 8.33. The predicted octanol–water partition coefficient (Wildman–Crippen LogP) is 6.93. The Morgan fingerprint density at radius 1 is 0.806 bits per heavy atom. The van der Waals surface area contributed by atoms with Gasteiger partial charge in [0.25, 0.3) is 0 Å². The summed E-state index contributed by atoms with van der Waals surface area (Å²) in [6, 6.07) is 27.7. The Bertz CT molecular complexity index is 972. The lowest BCUT2D eigenvalue weighted by atomic mass is 9.93. The maximum atomic E-state index is 11.1. The summed E-state index contributed by atoms with van der Waals surface area (Å²) in [6.07, 6.45) is 4.47. The van der Waals surface area contributed by atoms with Crippen molar-refractivity contribution in [3.63, 3.8) is 0 Å². The second-order valence-electron chi connectivity index (χ2n) is 8.33. The van der Waals surface area contributed by atoms with Gasteiger partial charge in [0, 0.05) is 19.0 Å². The fourth-order valence-corrected chi connectivity index (χ4v) is 3.86. The molecule has 0 radical (unpaired) electrons. The Kier molecular flexibility index (Phi) is 7.62. The minimum Gasteiger partial charge on any atom is -0.376 e. The highest BCUT2D eigenvalue weighted by molar-refractivity contribution is 5.70. The summed E-state index contributed by atoms with van der Waals surface area (Å²) >= 11 is 0. The van der Waals surface area contributed by atoms with Crippen molar-refractivity contribution in [2.24, 2.45) is 5.92 Å². The lowest BCUT2D eigenvalue weighted by Gasteiger charge is -2.40. The summed E-state index contributed by atoms with van der Waals surface area (Å²) in [5.74, 6) is 0.0763. The first kappa shape index (κ1) is 22.7. The van der Waals surface area contributed by atoms with Crippen LogP contribution in [0.2, 0.25) is 0 Å². The lowest BCUT2D eigenvalue weighted by molar-refractivity contribution is -0.130. The average molecular weight is 412 g/mol. The van der Waals surface area contributed by atoms with Gasteiger partial charge in [0.05, 0.1) is 0 Å². The molecule has 0 aliphatic rings. The van der Waals surface area contributed by atoms with E-state index in [1.54, 1.807) is 0 Å².